The number of carbonyl (C=O) groups is 3. The average molecular weight is 278 g/mol. The molecule has 0 saturated heterocycles. The molecule has 1 aromatic rings. The van der Waals surface area contributed by atoms with Crippen molar-refractivity contribution in [1.29, 1.82) is 0 Å². The smallest absolute Gasteiger partial charge is 0.338 e. The second-order valence-corrected chi connectivity index (χ2v) is 4.14. The molecule has 0 aliphatic carbocycles. The van der Waals surface area contributed by atoms with Crippen molar-refractivity contribution in [2.24, 2.45) is 0 Å². The summed E-state index contributed by atoms with van der Waals surface area (Å²) in [7, 11) is 0. The molecule has 5 heteroatoms. The number of hydrogen-bond acceptors (Lipinski definition) is 5. The SMILES string of the molecule is CCOC(=O)c1cccc(C(C(C)=O)C(=O)OCC)c1. The zero-order chi connectivity index (χ0) is 15.1. The minimum atomic E-state index is -1.01. The summed E-state index contributed by atoms with van der Waals surface area (Å²) in [5, 5.41) is 0. The van der Waals surface area contributed by atoms with E-state index in [4.69, 9.17) is 9.47 Å². The van der Waals surface area contributed by atoms with Gasteiger partial charge in [0.1, 0.15) is 11.7 Å². The number of rotatable bonds is 6. The molecule has 1 rings (SSSR count). The quantitative estimate of drug-likeness (QED) is 0.588. The Kier molecular flexibility index (Phi) is 5.90. The molecular weight excluding hydrogens is 260 g/mol. The van der Waals surface area contributed by atoms with Gasteiger partial charge < -0.3 is 9.47 Å². The van der Waals surface area contributed by atoms with Crippen LogP contribution in [0.3, 0.4) is 0 Å². The van der Waals surface area contributed by atoms with E-state index in [0.717, 1.165) is 0 Å². The van der Waals surface area contributed by atoms with Crippen molar-refractivity contribution in [2.75, 3.05) is 13.2 Å². The standard InChI is InChI=1S/C15H18O5/c1-4-19-14(17)12-8-6-7-11(9-12)13(10(3)16)15(18)20-5-2/h6-9,13H,4-5H2,1-3H3. The number of benzene rings is 1. The molecule has 0 aliphatic heterocycles. The summed E-state index contributed by atoms with van der Waals surface area (Å²) in [5.41, 5.74) is 0.737. The van der Waals surface area contributed by atoms with Gasteiger partial charge in [0.15, 0.2) is 0 Å². The van der Waals surface area contributed by atoms with Gasteiger partial charge in [-0.05, 0) is 38.5 Å². The Balaban J connectivity index is 3.09. The van der Waals surface area contributed by atoms with E-state index in [0.29, 0.717) is 11.1 Å². The van der Waals surface area contributed by atoms with E-state index in [1.807, 2.05) is 0 Å². The highest BCUT2D eigenvalue weighted by atomic mass is 16.5. The van der Waals surface area contributed by atoms with Crippen LogP contribution in [0.5, 0.6) is 0 Å². The maximum absolute atomic E-state index is 11.8. The fourth-order valence-corrected chi connectivity index (χ4v) is 1.82. The molecule has 1 aromatic carbocycles. The van der Waals surface area contributed by atoms with Crippen molar-refractivity contribution < 1.29 is 23.9 Å². The van der Waals surface area contributed by atoms with Crippen LogP contribution in [-0.4, -0.2) is 30.9 Å². The van der Waals surface area contributed by atoms with Crippen molar-refractivity contribution in [3.8, 4) is 0 Å². The Morgan fingerprint density at radius 1 is 1.10 bits per heavy atom. The van der Waals surface area contributed by atoms with E-state index in [2.05, 4.69) is 0 Å². The van der Waals surface area contributed by atoms with E-state index in [9.17, 15) is 14.4 Å². The summed E-state index contributed by atoms with van der Waals surface area (Å²) >= 11 is 0. The van der Waals surface area contributed by atoms with Crippen LogP contribution in [0.4, 0.5) is 0 Å². The Morgan fingerprint density at radius 2 is 1.75 bits per heavy atom. The highest BCUT2D eigenvalue weighted by Gasteiger charge is 2.27. The molecule has 1 atom stereocenters. The van der Waals surface area contributed by atoms with Gasteiger partial charge >= 0.3 is 11.9 Å². The van der Waals surface area contributed by atoms with E-state index < -0.39 is 17.9 Å². The largest absolute Gasteiger partial charge is 0.465 e. The lowest BCUT2D eigenvalue weighted by Gasteiger charge is -2.13. The number of esters is 2. The predicted octanol–water partition coefficient (Wildman–Crippen LogP) is 2.10. The molecule has 20 heavy (non-hydrogen) atoms. The highest BCUT2D eigenvalue weighted by Crippen LogP contribution is 2.20. The molecule has 0 N–H and O–H groups in total. The van der Waals surface area contributed by atoms with Crippen molar-refractivity contribution in [3.05, 3.63) is 35.4 Å². The number of carbonyl (C=O) groups excluding carboxylic acids is 3. The van der Waals surface area contributed by atoms with Crippen molar-refractivity contribution in [2.45, 2.75) is 26.7 Å². The predicted molar refractivity (Wildman–Crippen MR) is 72.5 cm³/mol. The number of Topliss-reactive ketones (excluding diaryl/α,β-unsaturated/α-hetero) is 1. The van der Waals surface area contributed by atoms with E-state index in [1.165, 1.54) is 13.0 Å². The maximum atomic E-state index is 11.8. The number of ether oxygens (including phenoxy) is 2. The summed E-state index contributed by atoms with van der Waals surface area (Å²) in [6.45, 7) is 5.15. The van der Waals surface area contributed by atoms with Crippen LogP contribution in [0.1, 0.15) is 42.6 Å². The van der Waals surface area contributed by atoms with Gasteiger partial charge in [-0.15, -0.1) is 0 Å². The van der Waals surface area contributed by atoms with Gasteiger partial charge in [0.25, 0.3) is 0 Å². The third-order valence-corrected chi connectivity index (χ3v) is 2.66. The third-order valence-electron chi connectivity index (χ3n) is 2.66. The second kappa shape index (κ2) is 7.43. The van der Waals surface area contributed by atoms with Crippen LogP contribution in [0.2, 0.25) is 0 Å². The molecule has 0 radical (unpaired) electrons. The molecule has 0 saturated carbocycles. The first-order valence-corrected chi connectivity index (χ1v) is 6.45. The molecule has 108 valence electrons. The lowest BCUT2D eigenvalue weighted by Crippen LogP contribution is -2.22. The molecule has 0 bridgehead atoms. The fraction of sp³-hybridized carbons (Fsp3) is 0.400. The Labute approximate surface area is 117 Å². The Morgan fingerprint density at radius 3 is 2.30 bits per heavy atom. The Bertz CT molecular complexity index is 507. The molecule has 5 nitrogen and oxygen atoms in total. The zero-order valence-corrected chi connectivity index (χ0v) is 11.8. The minimum Gasteiger partial charge on any atom is -0.465 e. The van der Waals surface area contributed by atoms with E-state index in [1.54, 1.807) is 32.0 Å². The van der Waals surface area contributed by atoms with Gasteiger partial charge in [-0.1, -0.05) is 12.1 Å². The summed E-state index contributed by atoms with van der Waals surface area (Å²) in [6.07, 6.45) is 0. The molecule has 1 unspecified atom stereocenters. The molecule has 0 amide bonds. The lowest BCUT2D eigenvalue weighted by atomic mass is 9.94. The zero-order valence-electron chi connectivity index (χ0n) is 11.8. The lowest BCUT2D eigenvalue weighted by molar-refractivity contribution is -0.147. The van der Waals surface area contributed by atoms with Crippen LogP contribution in [-0.2, 0) is 19.1 Å². The summed E-state index contributed by atoms with van der Waals surface area (Å²) < 4.78 is 9.78. The summed E-state index contributed by atoms with van der Waals surface area (Å²) in [6, 6.07) is 6.29. The van der Waals surface area contributed by atoms with Crippen LogP contribution in [0.15, 0.2) is 24.3 Å². The van der Waals surface area contributed by atoms with E-state index >= 15 is 0 Å². The maximum Gasteiger partial charge on any atom is 0.338 e. The average Bonchev–Trinajstić information content (AvgIpc) is 2.39. The summed E-state index contributed by atoms with van der Waals surface area (Å²) in [4.78, 5) is 35.1. The number of hydrogen-bond donors (Lipinski definition) is 0. The van der Waals surface area contributed by atoms with Gasteiger partial charge in [0.2, 0.25) is 0 Å². The van der Waals surface area contributed by atoms with Crippen LogP contribution in [0, 0.1) is 0 Å². The molecule has 0 spiro atoms. The monoisotopic (exact) mass is 278 g/mol. The molecule has 0 heterocycles. The molecule has 0 fully saturated rings. The fourth-order valence-electron chi connectivity index (χ4n) is 1.82. The first-order chi connectivity index (χ1) is 9.51. The van der Waals surface area contributed by atoms with Crippen LogP contribution in [0.25, 0.3) is 0 Å². The molecular formula is C15H18O5. The van der Waals surface area contributed by atoms with Gasteiger partial charge in [-0.2, -0.15) is 0 Å². The van der Waals surface area contributed by atoms with Crippen LogP contribution >= 0.6 is 0 Å². The van der Waals surface area contributed by atoms with E-state index in [-0.39, 0.29) is 19.0 Å². The van der Waals surface area contributed by atoms with Gasteiger partial charge in [-0.25, -0.2) is 4.79 Å². The Hall–Kier alpha value is -2.17. The normalized spacial score (nSPS) is 11.6. The topological polar surface area (TPSA) is 69.7 Å². The first-order valence-electron chi connectivity index (χ1n) is 6.45. The van der Waals surface area contributed by atoms with Crippen molar-refractivity contribution in [1.82, 2.24) is 0 Å². The van der Waals surface area contributed by atoms with Crippen molar-refractivity contribution in [3.63, 3.8) is 0 Å². The summed E-state index contributed by atoms with van der Waals surface area (Å²) in [5.74, 6) is -2.43. The molecule has 0 aromatic heterocycles. The van der Waals surface area contributed by atoms with Crippen molar-refractivity contribution >= 4 is 17.7 Å². The van der Waals surface area contributed by atoms with Gasteiger partial charge in [0, 0.05) is 0 Å². The number of ketones is 1. The second-order valence-electron chi connectivity index (χ2n) is 4.14. The molecule has 0 aliphatic rings. The third kappa shape index (κ3) is 3.91. The first kappa shape index (κ1) is 15.9. The van der Waals surface area contributed by atoms with Crippen LogP contribution < -0.4 is 0 Å². The van der Waals surface area contributed by atoms with Gasteiger partial charge in [0.05, 0.1) is 18.8 Å². The van der Waals surface area contributed by atoms with Gasteiger partial charge in [-0.3, -0.25) is 9.59 Å². The minimum absolute atomic E-state index is 0.195. The highest BCUT2D eigenvalue weighted by molar-refractivity contribution is 6.03.